The first-order chi connectivity index (χ1) is 11.3. The summed E-state index contributed by atoms with van der Waals surface area (Å²) < 4.78 is 42.8. The number of hydrogen-bond donors (Lipinski definition) is 0. The van der Waals surface area contributed by atoms with E-state index in [9.17, 15) is 18.0 Å². The van der Waals surface area contributed by atoms with Crippen LogP contribution in [0.4, 0.5) is 13.2 Å². The van der Waals surface area contributed by atoms with Crippen LogP contribution in [0, 0.1) is 0 Å². The van der Waals surface area contributed by atoms with Crippen LogP contribution in [0.2, 0.25) is 0 Å². The summed E-state index contributed by atoms with van der Waals surface area (Å²) in [5, 5.41) is 3.88. The van der Waals surface area contributed by atoms with Gasteiger partial charge in [0.05, 0.1) is 11.5 Å². The minimum atomic E-state index is -4.41. The molecule has 1 aliphatic rings. The van der Waals surface area contributed by atoms with E-state index in [-0.39, 0.29) is 23.3 Å². The number of hydrogen-bond acceptors (Lipinski definition) is 4. The standard InChI is InChI=1S/C16H16F3N3O2/c1-9(2)13-20-14(24-21-13)11-7-22(8-11)15(23)10-3-5-12(6-4-10)16(17,18)19/h3-6,9,11H,7-8H2,1-2H3. The van der Waals surface area contributed by atoms with Crippen LogP contribution in [-0.4, -0.2) is 34.0 Å². The highest BCUT2D eigenvalue weighted by atomic mass is 19.4. The quantitative estimate of drug-likeness (QED) is 0.859. The Bertz CT molecular complexity index is 732. The van der Waals surface area contributed by atoms with Crippen molar-refractivity contribution in [1.29, 1.82) is 0 Å². The number of alkyl halides is 3. The van der Waals surface area contributed by atoms with Crippen molar-refractivity contribution in [3.05, 3.63) is 47.1 Å². The summed E-state index contributed by atoms with van der Waals surface area (Å²) in [4.78, 5) is 18.1. The molecule has 0 atom stereocenters. The topological polar surface area (TPSA) is 59.2 Å². The third-order valence-corrected chi connectivity index (χ3v) is 3.95. The molecule has 0 spiro atoms. The van der Waals surface area contributed by atoms with Gasteiger partial charge in [0.2, 0.25) is 5.89 Å². The first kappa shape index (κ1) is 16.5. The van der Waals surface area contributed by atoms with Crippen molar-refractivity contribution in [3.63, 3.8) is 0 Å². The van der Waals surface area contributed by atoms with Crippen LogP contribution >= 0.6 is 0 Å². The fraction of sp³-hybridized carbons (Fsp3) is 0.438. The molecule has 0 N–H and O–H groups in total. The van der Waals surface area contributed by atoms with Crippen molar-refractivity contribution in [2.75, 3.05) is 13.1 Å². The zero-order chi connectivity index (χ0) is 17.5. The molecule has 2 aromatic rings. The average Bonchev–Trinajstić information content (AvgIpc) is 2.94. The van der Waals surface area contributed by atoms with Crippen LogP contribution in [0.15, 0.2) is 28.8 Å². The molecule has 3 rings (SSSR count). The lowest BCUT2D eigenvalue weighted by molar-refractivity contribution is -0.137. The predicted octanol–water partition coefficient (Wildman–Crippen LogP) is 3.45. The monoisotopic (exact) mass is 339 g/mol. The number of carbonyl (C=O) groups excluding carboxylic acids is 1. The molecule has 1 amide bonds. The Labute approximate surface area is 136 Å². The number of nitrogens with zero attached hydrogens (tertiary/aromatic N) is 3. The molecule has 1 saturated heterocycles. The molecular weight excluding hydrogens is 323 g/mol. The van der Waals surface area contributed by atoms with Crippen molar-refractivity contribution >= 4 is 5.91 Å². The van der Waals surface area contributed by atoms with Crippen molar-refractivity contribution in [2.24, 2.45) is 0 Å². The molecule has 128 valence electrons. The molecule has 1 aromatic heterocycles. The number of benzene rings is 1. The van der Waals surface area contributed by atoms with Crippen molar-refractivity contribution < 1.29 is 22.5 Å². The summed E-state index contributed by atoms with van der Waals surface area (Å²) in [7, 11) is 0. The molecule has 1 aliphatic heterocycles. The Morgan fingerprint density at radius 2 is 1.88 bits per heavy atom. The number of carbonyl (C=O) groups is 1. The number of likely N-dealkylation sites (tertiary alicyclic amines) is 1. The maximum Gasteiger partial charge on any atom is 0.416 e. The molecule has 0 bridgehead atoms. The van der Waals surface area contributed by atoms with Gasteiger partial charge in [-0.1, -0.05) is 19.0 Å². The second kappa shape index (κ2) is 5.92. The van der Waals surface area contributed by atoms with Crippen LogP contribution < -0.4 is 0 Å². The van der Waals surface area contributed by atoms with Crippen molar-refractivity contribution in [1.82, 2.24) is 15.0 Å². The van der Waals surface area contributed by atoms with Gasteiger partial charge in [-0.05, 0) is 24.3 Å². The third kappa shape index (κ3) is 3.13. The van der Waals surface area contributed by atoms with Gasteiger partial charge < -0.3 is 9.42 Å². The highest BCUT2D eigenvalue weighted by Gasteiger charge is 2.36. The summed E-state index contributed by atoms with van der Waals surface area (Å²) >= 11 is 0. The lowest BCUT2D eigenvalue weighted by atomic mass is 9.98. The molecule has 0 aliphatic carbocycles. The van der Waals surface area contributed by atoms with Gasteiger partial charge >= 0.3 is 6.18 Å². The maximum absolute atomic E-state index is 12.5. The van der Waals surface area contributed by atoms with Crippen molar-refractivity contribution in [2.45, 2.75) is 31.9 Å². The lowest BCUT2D eigenvalue weighted by Gasteiger charge is -2.37. The summed E-state index contributed by atoms with van der Waals surface area (Å²) in [5.41, 5.74) is -0.539. The highest BCUT2D eigenvalue weighted by Crippen LogP contribution is 2.31. The van der Waals surface area contributed by atoms with Gasteiger partial charge in [-0.2, -0.15) is 18.2 Å². The lowest BCUT2D eigenvalue weighted by Crippen LogP contribution is -2.48. The molecule has 0 radical (unpaired) electrons. The van der Waals surface area contributed by atoms with Gasteiger partial charge in [0.25, 0.3) is 5.91 Å². The van der Waals surface area contributed by atoms with Crippen LogP contribution in [0.3, 0.4) is 0 Å². The van der Waals surface area contributed by atoms with Gasteiger partial charge in [-0.15, -0.1) is 0 Å². The van der Waals surface area contributed by atoms with E-state index in [4.69, 9.17) is 4.52 Å². The molecule has 0 saturated carbocycles. The summed E-state index contributed by atoms with van der Waals surface area (Å²) in [5.74, 6) is 0.951. The van der Waals surface area contributed by atoms with Gasteiger partial charge in [0, 0.05) is 24.6 Å². The van der Waals surface area contributed by atoms with Crippen LogP contribution in [0.5, 0.6) is 0 Å². The molecule has 0 unspecified atom stereocenters. The Morgan fingerprint density at radius 3 is 2.38 bits per heavy atom. The molecular formula is C16H16F3N3O2. The van der Waals surface area contributed by atoms with Gasteiger partial charge in [0.15, 0.2) is 5.82 Å². The van der Waals surface area contributed by atoms with E-state index in [0.29, 0.717) is 24.8 Å². The first-order valence-electron chi connectivity index (χ1n) is 7.55. The number of halogens is 3. The minimum Gasteiger partial charge on any atom is -0.339 e. The Hall–Kier alpha value is -2.38. The molecule has 2 heterocycles. The van der Waals surface area contributed by atoms with Gasteiger partial charge in [0.1, 0.15) is 0 Å². The Balaban J connectivity index is 1.62. The van der Waals surface area contributed by atoms with E-state index in [1.54, 1.807) is 4.90 Å². The molecule has 5 nitrogen and oxygen atoms in total. The third-order valence-electron chi connectivity index (χ3n) is 3.95. The highest BCUT2D eigenvalue weighted by molar-refractivity contribution is 5.94. The minimum absolute atomic E-state index is 0.0246. The molecule has 24 heavy (non-hydrogen) atoms. The fourth-order valence-corrected chi connectivity index (χ4v) is 2.43. The molecule has 1 fully saturated rings. The van der Waals surface area contributed by atoms with E-state index in [1.807, 2.05) is 13.8 Å². The molecule has 8 heteroatoms. The van der Waals surface area contributed by atoms with E-state index >= 15 is 0 Å². The Kier molecular flexibility index (Phi) is 4.06. The van der Waals surface area contributed by atoms with E-state index < -0.39 is 11.7 Å². The van der Waals surface area contributed by atoms with Gasteiger partial charge in [-0.3, -0.25) is 4.79 Å². The summed E-state index contributed by atoms with van der Waals surface area (Å²) in [6.07, 6.45) is -4.41. The molecule has 1 aromatic carbocycles. The second-order valence-electron chi connectivity index (χ2n) is 6.13. The summed E-state index contributed by atoms with van der Waals surface area (Å²) in [6.45, 7) is 4.74. The summed E-state index contributed by atoms with van der Waals surface area (Å²) in [6, 6.07) is 4.22. The van der Waals surface area contributed by atoms with Crippen LogP contribution in [-0.2, 0) is 6.18 Å². The maximum atomic E-state index is 12.5. The van der Waals surface area contributed by atoms with Crippen LogP contribution in [0.1, 0.15) is 53.3 Å². The van der Waals surface area contributed by atoms with Gasteiger partial charge in [-0.25, -0.2) is 0 Å². The van der Waals surface area contributed by atoms with Crippen molar-refractivity contribution in [3.8, 4) is 0 Å². The second-order valence-corrected chi connectivity index (χ2v) is 6.13. The van der Waals surface area contributed by atoms with E-state index in [1.165, 1.54) is 12.1 Å². The number of aromatic nitrogens is 2. The van der Waals surface area contributed by atoms with Crippen LogP contribution in [0.25, 0.3) is 0 Å². The number of amides is 1. The fourth-order valence-electron chi connectivity index (χ4n) is 2.43. The normalized spacial score (nSPS) is 15.7. The Morgan fingerprint density at radius 1 is 1.25 bits per heavy atom. The number of rotatable bonds is 3. The first-order valence-corrected chi connectivity index (χ1v) is 7.55. The zero-order valence-electron chi connectivity index (χ0n) is 13.2. The SMILES string of the molecule is CC(C)c1noc(C2CN(C(=O)c3ccc(C(F)(F)F)cc3)C2)n1. The zero-order valence-corrected chi connectivity index (χ0v) is 13.2. The van der Waals surface area contributed by atoms with E-state index in [2.05, 4.69) is 10.1 Å². The predicted molar refractivity (Wildman–Crippen MR) is 78.5 cm³/mol. The average molecular weight is 339 g/mol. The largest absolute Gasteiger partial charge is 0.416 e. The van der Waals surface area contributed by atoms with E-state index in [0.717, 1.165) is 12.1 Å². The smallest absolute Gasteiger partial charge is 0.339 e.